The predicted molar refractivity (Wildman–Crippen MR) is 59.6 cm³/mol. The highest BCUT2D eigenvalue weighted by Crippen LogP contribution is 2.39. The van der Waals surface area contributed by atoms with E-state index in [1.165, 1.54) is 0 Å². The monoisotopic (exact) mass is 217 g/mol. The minimum absolute atomic E-state index is 0.153. The van der Waals surface area contributed by atoms with Crippen LogP contribution in [-0.2, 0) is 9.53 Å². The first-order valence-corrected chi connectivity index (χ1v) is 5.76. The summed E-state index contributed by atoms with van der Waals surface area (Å²) in [6.45, 7) is 2.68. The van der Waals surface area contributed by atoms with E-state index in [9.17, 15) is 4.79 Å². The molecule has 3 atom stereocenters. The first kappa shape index (κ1) is 9.85. The molecule has 2 aliphatic rings. The lowest BCUT2D eigenvalue weighted by Gasteiger charge is -2.22. The van der Waals surface area contributed by atoms with Crippen molar-refractivity contribution in [2.75, 3.05) is 6.61 Å². The highest BCUT2D eigenvalue weighted by atomic mass is 16.5. The molecule has 0 aliphatic carbocycles. The van der Waals surface area contributed by atoms with Crippen molar-refractivity contribution in [3.8, 4) is 0 Å². The van der Waals surface area contributed by atoms with E-state index in [1.54, 1.807) is 0 Å². The van der Waals surface area contributed by atoms with E-state index in [0.717, 1.165) is 12.0 Å². The Balaban J connectivity index is 1.91. The van der Waals surface area contributed by atoms with Gasteiger partial charge in [0.1, 0.15) is 0 Å². The Hall–Kier alpha value is -1.35. The van der Waals surface area contributed by atoms with Gasteiger partial charge in [-0.15, -0.1) is 0 Å². The van der Waals surface area contributed by atoms with Gasteiger partial charge in [0, 0.05) is 11.5 Å². The van der Waals surface area contributed by atoms with Gasteiger partial charge in [-0.05, 0) is 6.42 Å². The molecule has 0 bridgehead atoms. The summed E-state index contributed by atoms with van der Waals surface area (Å²) in [4.78, 5) is 13.9. The van der Waals surface area contributed by atoms with Crippen molar-refractivity contribution in [3.05, 3.63) is 35.9 Å². The lowest BCUT2D eigenvalue weighted by atomic mass is 10.1. The molecule has 3 heteroatoms. The zero-order chi connectivity index (χ0) is 11.1. The molecule has 16 heavy (non-hydrogen) atoms. The standard InChI is InChI=1S/C13H15NO2/c1-9-7-11-8-16-13(14(11)12(9)15)10-5-3-2-4-6-10/h2-6,9,11,13H,7-8H2,1H3/t9?,11-,13+/m1/s1. The molecule has 3 rings (SSSR count). The second-order valence-corrected chi connectivity index (χ2v) is 4.63. The maximum absolute atomic E-state index is 12.0. The average Bonchev–Trinajstić information content (AvgIpc) is 2.83. The Morgan fingerprint density at radius 3 is 2.81 bits per heavy atom. The highest BCUT2D eigenvalue weighted by Gasteiger charge is 2.46. The van der Waals surface area contributed by atoms with Gasteiger partial charge >= 0.3 is 0 Å². The van der Waals surface area contributed by atoms with Gasteiger partial charge in [-0.2, -0.15) is 0 Å². The molecule has 0 radical (unpaired) electrons. The van der Waals surface area contributed by atoms with E-state index in [0.29, 0.717) is 6.61 Å². The van der Waals surface area contributed by atoms with Gasteiger partial charge < -0.3 is 9.64 Å². The van der Waals surface area contributed by atoms with Crippen LogP contribution in [0, 0.1) is 5.92 Å². The van der Waals surface area contributed by atoms with Gasteiger partial charge in [0.15, 0.2) is 6.23 Å². The zero-order valence-electron chi connectivity index (χ0n) is 9.30. The molecule has 0 saturated carbocycles. The third-order valence-corrected chi connectivity index (χ3v) is 3.48. The van der Waals surface area contributed by atoms with Gasteiger partial charge in [0.05, 0.1) is 12.6 Å². The lowest BCUT2D eigenvalue weighted by Crippen LogP contribution is -2.31. The quantitative estimate of drug-likeness (QED) is 0.719. The van der Waals surface area contributed by atoms with Crippen LogP contribution in [0.15, 0.2) is 30.3 Å². The third kappa shape index (κ3) is 1.35. The SMILES string of the molecule is CC1C[C@@H]2CO[C@@H](c3ccccc3)N2C1=O. The molecule has 2 aliphatic heterocycles. The smallest absolute Gasteiger partial charge is 0.228 e. The summed E-state index contributed by atoms with van der Waals surface area (Å²) in [6, 6.07) is 10.3. The maximum Gasteiger partial charge on any atom is 0.228 e. The Kier molecular flexibility index (Phi) is 2.21. The number of carbonyl (C=O) groups is 1. The molecule has 0 aromatic heterocycles. The maximum atomic E-state index is 12.0. The lowest BCUT2D eigenvalue weighted by molar-refractivity contribution is -0.136. The molecule has 2 saturated heterocycles. The summed E-state index contributed by atoms with van der Waals surface area (Å²) in [7, 11) is 0. The molecule has 1 amide bonds. The summed E-state index contributed by atoms with van der Waals surface area (Å²) >= 11 is 0. The Morgan fingerprint density at radius 2 is 2.06 bits per heavy atom. The normalized spacial score (nSPS) is 33.2. The number of fused-ring (bicyclic) bond motifs is 1. The molecule has 2 fully saturated rings. The van der Waals surface area contributed by atoms with Crippen molar-refractivity contribution < 1.29 is 9.53 Å². The number of benzene rings is 1. The molecular formula is C13H15NO2. The van der Waals surface area contributed by atoms with E-state index < -0.39 is 0 Å². The van der Waals surface area contributed by atoms with Crippen LogP contribution in [0.2, 0.25) is 0 Å². The first-order valence-electron chi connectivity index (χ1n) is 5.76. The van der Waals surface area contributed by atoms with Crippen LogP contribution < -0.4 is 0 Å². The largest absolute Gasteiger partial charge is 0.352 e. The van der Waals surface area contributed by atoms with Gasteiger partial charge in [-0.3, -0.25) is 4.79 Å². The molecule has 0 spiro atoms. The Labute approximate surface area is 95.0 Å². The number of ether oxygens (including phenoxy) is 1. The van der Waals surface area contributed by atoms with E-state index in [2.05, 4.69) is 0 Å². The number of rotatable bonds is 1. The fraction of sp³-hybridized carbons (Fsp3) is 0.462. The number of hydrogen-bond donors (Lipinski definition) is 0. The molecule has 1 aromatic carbocycles. The van der Waals surface area contributed by atoms with Crippen molar-refractivity contribution in [1.82, 2.24) is 4.90 Å². The van der Waals surface area contributed by atoms with Crippen molar-refractivity contribution in [2.45, 2.75) is 25.6 Å². The van der Waals surface area contributed by atoms with Crippen LogP contribution in [0.4, 0.5) is 0 Å². The topological polar surface area (TPSA) is 29.5 Å². The van der Waals surface area contributed by atoms with Crippen LogP contribution in [0.3, 0.4) is 0 Å². The molecule has 0 N–H and O–H groups in total. The van der Waals surface area contributed by atoms with Crippen LogP contribution in [0.5, 0.6) is 0 Å². The fourth-order valence-electron chi connectivity index (χ4n) is 2.67. The van der Waals surface area contributed by atoms with E-state index >= 15 is 0 Å². The molecule has 1 aromatic rings. The number of nitrogens with zero attached hydrogens (tertiary/aromatic N) is 1. The van der Waals surface area contributed by atoms with Gasteiger partial charge in [-0.25, -0.2) is 0 Å². The minimum atomic E-state index is -0.163. The van der Waals surface area contributed by atoms with Gasteiger partial charge in [0.2, 0.25) is 5.91 Å². The third-order valence-electron chi connectivity index (χ3n) is 3.48. The number of hydrogen-bond acceptors (Lipinski definition) is 2. The van der Waals surface area contributed by atoms with Crippen molar-refractivity contribution >= 4 is 5.91 Å². The van der Waals surface area contributed by atoms with Crippen molar-refractivity contribution in [2.24, 2.45) is 5.92 Å². The van der Waals surface area contributed by atoms with Crippen LogP contribution in [0.1, 0.15) is 25.1 Å². The first-order chi connectivity index (χ1) is 7.77. The number of carbonyl (C=O) groups excluding carboxylic acids is 1. The second kappa shape index (κ2) is 3.59. The zero-order valence-corrected chi connectivity index (χ0v) is 9.30. The summed E-state index contributed by atoms with van der Waals surface area (Å²) in [5.41, 5.74) is 1.08. The van der Waals surface area contributed by atoms with Crippen molar-refractivity contribution in [1.29, 1.82) is 0 Å². The van der Waals surface area contributed by atoms with Gasteiger partial charge in [0.25, 0.3) is 0 Å². The second-order valence-electron chi connectivity index (χ2n) is 4.63. The summed E-state index contributed by atoms with van der Waals surface area (Å²) in [5.74, 6) is 0.386. The summed E-state index contributed by atoms with van der Waals surface area (Å²) in [5, 5.41) is 0. The summed E-state index contributed by atoms with van der Waals surface area (Å²) in [6.07, 6.45) is 0.769. The molecule has 2 heterocycles. The molecule has 3 nitrogen and oxygen atoms in total. The van der Waals surface area contributed by atoms with E-state index in [1.807, 2.05) is 42.2 Å². The van der Waals surface area contributed by atoms with E-state index in [-0.39, 0.29) is 24.1 Å². The van der Waals surface area contributed by atoms with Crippen LogP contribution >= 0.6 is 0 Å². The Bertz CT molecular complexity index is 404. The van der Waals surface area contributed by atoms with Crippen LogP contribution in [-0.4, -0.2) is 23.5 Å². The predicted octanol–water partition coefficient (Wildman–Crippen LogP) is 1.95. The number of amides is 1. The Morgan fingerprint density at radius 1 is 1.31 bits per heavy atom. The summed E-state index contributed by atoms with van der Waals surface area (Å²) < 4.78 is 5.73. The van der Waals surface area contributed by atoms with E-state index in [4.69, 9.17) is 4.74 Å². The van der Waals surface area contributed by atoms with Crippen LogP contribution in [0.25, 0.3) is 0 Å². The average molecular weight is 217 g/mol. The molecule has 1 unspecified atom stereocenters. The highest BCUT2D eigenvalue weighted by molar-refractivity contribution is 5.81. The minimum Gasteiger partial charge on any atom is -0.352 e. The van der Waals surface area contributed by atoms with Crippen molar-refractivity contribution in [3.63, 3.8) is 0 Å². The molecular weight excluding hydrogens is 202 g/mol. The fourth-order valence-corrected chi connectivity index (χ4v) is 2.67. The molecule has 84 valence electrons. The van der Waals surface area contributed by atoms with Gasteiger partial charge in [-0.1, -0.05) is 37.3 Å².